The van der Waals surface area contributed by atoms with Gasteiger partial charge in [0.05, 0.1) is 18.7 Å². The van der Waals surface area contributed by atoms with Gasteiger partial charge in [0.15, 0.2) is 0 Å². The third kappa shape index (κ3) is 9.36. The van der Waals surface area contributed by atoms with Gasteiger partial charge < -0.3 is 41.9 Å². The molecule has 202 valence electrons. The van der Waals surface area contributed by atoms with E-state index in [0.29, 0.717) is 11.4 Å². The normalized spacial score (nSPS) is 14.3. The van der Waals surface area contributed by atoms with Crippen LogP contribution in [0.25, 0.3) is 0 Å². The molecule has 15 heteroatoms. The molecule has 0 aromatic carbocycles. The number of H-pyrrole nitrogens is 2. The number of hydrogen-bond donors (Lipinski definition) is 8. The van der Waals surface area contributed by atoms with Crippen LogP contribution in [0.3, 0.4) is 0 Å². The Morgan fingerprint density at radius 2 is 1.41 bits per heavy atom. The third-order valence-corrected chi connectivity index (χ3v) is 5.46. The van der Waals surface area contributed by atoms with Crippen molar-refractivity contribution in [3.05, 3.63) is 36.4 Å². The van der Waals surface area contributed by atoms with Crippen LogP contribution in [0.5, 0.6) is 0 Å². The molecule has 0 saturated heterocycles. The van der Waals surface area contributed by atoms with Crippen molar-refractivity contribution in [2.45, 2.75) is 63.7 Å². The van der Waals surface area contributed by atoms with E-state index in [1.165, 1.54) is 25.0 Å². The monoisotopic (exact) mass is 520 g/mol. The minimum Gasteiger partial charge on any atom is -0.481 e. The van der Waals surface area contributed by atoms with Crippen LogP contribution < -0.4 is 21.7 Å². The summed E-state index contributed by atoms with van der Waals surface area (Å²) < 4.78 is 0. The summed E-state index contributed by atoms with van der Waals surface area (Å²) in [5.74, 6) is -5.00. The van der Waals surface area contributed by atoms with Gasteiger partial charge in [0.2, 0.25) is 17.7 Å². The summed E-state index contributed by atoms with van der Waals surface area (Å²) in [6, 6.07) is -4.76. The summed E-state index contributed by atoms with van der Waals surface area (Å²) in [4.78, 5) is 74.5. The number of carboxylic acid groups (broad SMARTS) is 2. The van der Waals surface area contributed by atoms with Crippen LogP contribution >= 0.6 is 0 Å². The van der Waals surface area contributed by atoms with Gasteiger partial charge in [-0.2, -0.15) is 0 Å². The van der Waals surface area contributed by atoms with Crippen LogP contribution in [-0.2, 0) is 36.8 Å². The molecule has 4 atom stereocenters. The summed E-state index contributed by atoms with van der Waals surface area (Å²) in [7, 11) is 0. The molecular formula is C22H32N8O7. The standard InChI is InChI=1S/C22H32N8O7/c1-11(2)18(21(35)29-16(22(36)37)6-13-8-25-10-27-13)30-20(34)15(5-12-7-24-9-26-12)28-19(33)14(23)3-4-17(31)32/h7-11,14-16,18H,3-6,23H2,1-2H3,(H,24,26)(H,25,27)(H,28,33)(H,29,35)(H,30,34)(H,31,32)(H,36,37). The lowest BCUT2D eigenvalue weighted by molar-refractivity contribution is -0.142. The maximum Gasteiger partial charge on any atom is 0.326 e. The number of carboxylic acids is 2. The molecule has 0 fully saturated rings. The lowest BCUT2D eigenvalue weighted by atomic mass is 10.0. The second-order valence-electron chi connectivity index (χ2n) is 8.79. The Bertz CT molecular complexity index is 1060. The van der Waals surface area contributed by atoms with E-state index in [4.69, 9.17) is 10.8 Å². The number of hydrogen-bond acceptors (Lipinski definition) is 8. The molecule has 0 aliphatic rings. The molecule has 2 aromatic heterocycles. The quantitative estimate of drug-likeness (QED) is 0.132. The summed E-state index contributed by atoms with van der Waals surface area (Å²) in [5.41, 5.74) is 6.78. The number of carbonyl (C=O) groups excluding carboxylic acids is 3. The Morgan fingerprint density at radius 1 is 0.865 bits per heavy atom. The fraction of sp³-hybridized carbons (Fsp3) is 0.500. The molecule has 0 bridgehead atoms. The highest BCUT2D eigenvalue weighted by Gasteiger charge is 2.32. The van der Waals surface area contributed by atoms with Gasteiger partial charge in [-0.25, -0.2) is 14.8 Å². The van der Waals surface area contributed by atoms with Crippen LogP contribution in [0.15, 0.2) is 25.0 Å². The molecule has 2 heterocycles. The van der Waals surface area contributed by atoms with Gasteiger partial charge in [0.1, 0.15) is 18.1 Å². The zero-order chi connectivity index (χ0) is 27.5. The maximum atomic E-state index is 13.2. The number of amides is 3. The molecule has 3 amide bonds. The van der Waals surface area contributed by atoms with Gasteiger partial charge in [-0.15, -0.1) is 0 Å². The average molecular weight is 521 g/mol. The third-order valence-electron chi connectivity index (χ3n) is 5.46. The summed E-state index contributed by atoms with van der Waals surface area (Å²) in [5, 5.41) is 25.9. The van der Waals surface area contributed by atoms with E-state index in [-0.39, 0.29) is 25.7 Å². The van der Waals surface area contributed by atoms with Crippen LogP contribution in [0, 0.1) is 5.92 Å². The smallest absolute Gasteiger partial charge is 0.326 e. The number of carbonyl (C=O) groups is 5. The number of aromatic amines is 2. The first kappa shape index (κ1) is 29.0. The van der Waals surface area contributed by atoms with Gasteiger partial charge in [0.25, 0.3) is 0 Å². The fourth-order valence-corrected chi connectivity index (χ4v) is 3.38. The number of nitrogens with one attached hydrogen (secondary N) is 5. The molecule has 0 aliphatic carbocycles. The zero-order valence-electron chi connectivity index (χ0n) is 20.4. The Labute approximate surface area is 212 Å². The number of nitrogens with zero attached hydrogens (tertiary/aromatic N) is 2. The Balaban J connectivity index is 2.13. The van der Waals surface area contributed by atoms with Crippen molar-refractivity contribution in [3.63, 3.8) is 0 Å². The van der Waals surface area contributed by atoms with Crippen molar-refractivity contribution >= 4 is 29.7 Å². The number of nitrogens with two attached hydrogens (primary N) is 1. The van der Waals surface area contributed by atoms with Crippen LogP contribution in [0.2, 0.25) is 0 Å². The molecular weight excluding hydrogens is 488 g/mol. The molecule has 9 N–H and O–H groups in total. The molecule has 0 radical (unpaired) electrons. The van der Waals surface area contributed by atoms with E-state index >= 15 is 0 Å². The summed E-state index contributed by atoms with van der Waals surface area (Å²) >= 11 is 0. The zero-order valence-corrected chi connectivity index (χ0v) is 20.4. The average Bonchev–Trinajstić information content (AvgIpc) is 3.53. The SMILES string of the molecule is CC(C)C(NC(=O)C(Cc1cnc[nH]1)NC(=O)C(N)CCC(=O)O)C(=O)NC(Cc1cnc[nH]1)C(=O)O. The highest BCUT2D eigenvalue weighted by atomic mass is 16.4. The number of imidazole rings is 2. The van der Waals surface area contributed by atoms with E-state index in [1.807, 2.05) is 0 Å². The molecule has 2 aromatic rings. The van der Waals surface area contributed by atoms with Crippen molar-refractivity contribution in [2.24, 2.45) is 11.7 Å². The summed E-state index contributed by atoms with van der Waals surface area (Å²) in [6.45, 7) is 3.33. The highest BCUT2D eigenvalue weighted by molar-refractivity contribution is 5.94. The molecule has 0 aliphatic heterocycles. The minimum atomic E-state index is -1.28. The lowest BCUT2D eigenvalue weighted by Crippen LogP contribution is -2.59. The Kier molecular flexibility index (Phi) is 10.7. The molecule has 0 saturated carbocycles. The number of rotatable bonds is 15. The molecule has 37 heavy (non-hydrogen) atoms. The van der Waals surface area contributed by atoms with Gasteiger partial charge in [-0.1, -0.05) is 13.8 Å². The predicted octanol–water partition coefficient (Wildman–Crippen LogP) is -1.69. The molecule has 15 nitrogen and oxygen atoms in total. The van der Waals surface area contributed by atoms with E-state index in [0.717, 1.165) is 0 Å². The minimum absolute atomic E-state index is 0.0206. The molecule has 4 unspecified atom stereocenters. The van der Waals surface area contributed by atoms with Crippen LogP contribution in [0.1, 0.15) is 38.1 Å². The van der Waals surface area contributed by atoms with Gasteiger partial charge in [-0.05, 0) is 12.3 Å². The van der Waals surface area contributed by atoms with Crippen molar-refractivity contribution in [2.75, 3.05) is 0 Å². The largest absolute Gasteiger partial charge is 0.481 e. The van der Waals surface area contributed by atoms with E-state index in [2.05, 4.69) is 35.9 Å². The van der Waals surface area contributed by atoms with Crippen molar-refractivity contribution < 1.29 is 34.2 Å². The topological polar surface area (TPSA) is 245 Å². The predicted molar refractivity (Wildman–Crippen MR) is 128 cm³/mol. The number of aliphatic carboxylic acids is 2. The Morgan fingerprint density at radius 3 is 1.86 bits per heavy atom. The van der Waals surface area contributed by atoms with Crippen LogP contribution in [0.4, 0.5) is 0 Å². The molecule has 0 spiro atoms. The second-order valence-corrected chi connectivity index (χ2v) is 8.79. The van der Waals surface area contributed by atoms with Crippen molar-refractivity contribution in [3.8, 4) is 0 Å². The Hall–Kier alpha value is -4.27. The summed E-state index contributed by atoms with van der Waals surface area (Å²) in [6.07, 6.45) is 5.13. The van der Waals surface area contributed by atoms with Gasteiger partial charge in [0, 0.05) is 43.0 Å². The van der Waals surface area contributed by atoms with E-state index < -0.39 is 59.7 Å². The fourth-order valence-electron chi connectivity index (χ4n) is 3.38. The molecule has 2 rings (SSSR count). The second kappa shape index (κ2) is 13.7. The van der Waals surface area contributed by atoms with Crippen LogP contribution in [-0.4, -0.2) is 84.0 Å². The van der Waals surface area contributed by atoms with E-state index in [1.54, 1.807) is 13.8 Å². The maximum absolute atomic E-state index is 13.2. The van der Waals surface area contributed by atoms with Gasteiger partial charge >= 0.3 is 11.9 Å². The number of aromatic nitrogens is 4. The highest BCUT2D eigenvalue weighted by Crippen LogP contribution is 2.08. The first-order chi connectivity index (χ1) is 17.5. The first-order valence-corrected chi connectivity index (χ1v) is 11.5. The van der Waals surface area contributed by atoms with Crippen molar-refractivity contribution in [1.82, 2.24) is 35.9 Å². The van der Waals surface area contributed by atoms with E-state index in [9.17, 15) is 29.1 Å². The lowest BCUT2D eigenvalue weighted by Gasteiger charge is -2.27. The van der Waals surface area contributed by atoms with Crippen molar-refractivity contribution in [1.29, 1.82) is 0 Å². The van der Waals surface area contributed by atoms with Gasteiger partial charge in [-0.3, -0.25) is 19.2 Å². The first-order valence-electron chi connectivity index (χ1n) is 11.5.